The van der Waals surface area contributed by atoms with Crippen molar-refractivity contribution in [3.8, 4) is 11.5 Å². The SMILES string of the molecule is CC(C)CCCCCCCOc1ccccc1OCCCCCCCC(C)C. The molecule has 0 saturated heterocycles. The van der Waals surface area contributed by atoms with E-state index < -0.39 is 0 Å². The molecule has 0 saturated carbocycles. The number of unbranched alkanes of at least 4 members (excludes halogenated alkanes) is 8. The summed E-state index contributed by atoms with van der Waals surface area (Å²) >= 11 is 0. The molecular formula is C26H46O2. The average Bonchev–Trinajstić information content (AvgIpc) is 2.66. The van der Waals surface area contributed by atoms with E-state index in [9.17, 15) is 0 Å². The normalized spacial score (nSPS) is 11.4. The summed E-state index contributed by atoms with van der Waals surface area (Å²) in [5.41, 5.74) is 0. The van der Waals surface area contributed by atoms with Crippen LogP contribution in [-0.2, 0) is 0 Å². The highest BCUT2D eigenvalue weighted by atomic mass is 16.5. The van der Waals surface area contributed by atoms with Gasteiger partial charge < -0.3 is 9.47 Å². The Morgan fingerprint density at radius 2 is 0.893 bits per heavy atom. The Bertz CT molecular complexity index is 424. The zero-order valence-corrected chi connectivity index (χ0v) is 19.2. The average molecular weight is 391 g/mol. The molecule has 0 fully saturated rings. The molecule has 0 aliphatic carbocycles. The fraction of sp³-hybridized carbons (Fsp3) is 0.769. The van der Waals surface area contributed by atoms with Gasteiger partial charge in [0, 0.05) is 0 Å². The molecule has 0 aliphatic heterocycles. The van der Waals surface area contributed by atoms with Crippen LogP contribution in [0.3, 0.4) is 0 Å². The van der Waals surface area contributed by atoms with E-state index >= 15 is 0 Å². The molecule has 28 heavy (non-hydrogen) atoms. The molecule has 2 nitrogen and oxygen atoms in total. The molecule has 0 unspecified atom stereocenters. The van der Waals surface area contributed by atoms with Crippen molar-refractivity contribution in [1.29, 1.82) is 0 Å². The van der Waals surface area contributed by atoms with Crippen molar-refractivity contribution in [1.82, 2.24) is 0 Å². The van der Waals surface area contributed by atoms with E-state index in [0.29, 0.717) is 0 Å². The Hall–Kier alpha value is -1.18. The summed E-state index contributed by atoms with van der Waals surface area (Å²) < 4.78 is 12.0. The lowest BCUT2D eigenvalue weighted by Gasteiger charge is -2.13. The molecule has 0 N–H and O–H groups in total. The number of hydrogen-bond acceptors (Lipinski definition) is 2. The highest BCUT2D eigenvalue weighted by molar-refractivity contribution is 5.39. The number of ether oxygens (including phenoxy) is 2. The van der Waals surface area contributed by atoms with Crippen molar-refractivity contribution in [2.24, 2.45) is 11.8 Å². The van der Waals surface area contributed by atoms with Crippen LogP contribution in [0.1, 0.15) is 105 Å². The van der Waals surface area contributed by atoms with E-state index in [0.717, 1.165) is 49.4 Å². The summed E-state index contributed by atoms with van der Waals surface area (Å²) in [7, 11) is 0. The molecule has 0 amide bonds. The van der Waals surface area contributed by atoms with Crippen LogP contribution in [0.25, 0.3) is 0 Å². The Morgan fingerprint density at radius 1 is 0.536 bits per heavy atom. The van der Waals surface area contributed by atoms with E-state index in [2.05, 4.69) is 27.7 Å². The molecule has 0 aromatic heterocycles. The molecule has 0 radical (unpaired) electrons. The van der Waals surface area contributed by atoms with E-state index in [-0.39, 0.29) is 0 Å². The third-order valence-corrected chi connectivity index (χ3v) is 5.22. The van der Waals surface area contributed by atoms with Gasteiger partial charge in [0.25, 0.3) is 0 Å². The van der Waals surface area contributed by atoms with E-state index in [1.807, 2.05) is 24.3 Å². The first kappa shape index (κ1) is 24.9. The second-order valence-electron chi connectivity index (χ2n) is 9.04. The molecule has 2 heteroatoms. The quantitative estimate of drug-likeness (QED) is 0.234. The largest absolute Gasteiger partial charge is 0.490 e. The fourth-order valence-corrected chi connectivity index (χ4v) is 3.42. The molecule has 0 spiro atoms. The summed E-state index contributed by atoms with van der Waals surface area (Å²) in [5, 5.41) is 0. The van der Waals surface area contributed by atoms with Crippen molar-refractivity contribution in [3.05, 3.63) is 24.3 Å². The van der Waals surface area contributed by atoms with Crippen LogP contribution < -0.4 is 9.47 Å². The summed E-state index contributed by atoms with van der Waals surface area (Å²) in [4.78, 5) is 0. The Kier molecular flexibility index (Phi) is 14.9. The van der Waals surface area contributed by atoms with Gasteiger partial charge in [-0.2, -0.15) is 0 Å². The Labute approximate surface area is 175 Å². The molecular weight excluding hydrogens is 344 g/mol. The fourth-order valence-electron chi connectivity index (χ4n) is 3.42. The maximum absolute atomic E-state index is 5.99. The van der Waals surface area contributed by atoms with Gasteiger partial charge in [0.1, 0.15) is 0 Å². The topological polar surface area (TPSA) is 18.5 Å². The second kappa shape index (κ2) is 16.7. The van der Waals surface area contributed by atoms with Gasteiger partial charge >= 0.3 is 0 Å². The van der Waals surface area contributed by atoms with Crippen molar-refractivity contribution in [3.63, 3.8) is 0 Å². The third kappa shape index (κ3) is 13.9. The van der Waals surface area contributed by atoms with Crippen LogP contribution in [0.5, 0.6) is 11.5 Å². The highest BCUT2D eigenvalue weighted by Crippen LogP contribution is 2.27. The lowest BCUT2D eigenvalue weighted by Crippen LogP contribution is -2.02. The predicted octanol–water partition coefficient (Wildman–Crippen LogP) is 8.44. The van der Waals surface area contributed by atoms with E-state index in [4.69, 9.17) is 9.47 Å². The minimum Gasteiger partial charge on any atom is -0.490 e. The maximum atomic E-state index is 5.99. The van der Waals surface area contributed by atoms with Gasteiger partial charge in [0.2, 0.25) is 0 Å². The van der Waals surface area contributed by atoms with Gasteiger partial charge in [0.15, 0.2) is 11.5 Å². The van der Waals surface area contributed by atoms with Gasteiger partial charge in [-0.25, -0.2) is 0 Å². The zero-order chi connectivity index (χ0) is 20.5. The number of rotatable bonds is 18. The molecule has 0 aliphatic rings. The van der Waals surface area contributed by atoms with Crippen LogP contribution in [0.4, 0.5) is 0 Å². The number of hydrogen-bond donors (Lipinski definition) is 0. The molecule has 162 valence electrons. The second-order valence-corrected chi connectivity index (χ2v) is 9.04. The number of para-hydroxylation sites is 2. The van der Waals surface area contributed by atoms with Gasteiger partial charge in [0.05, 0.1) is 13.2 Å². The van der Waals surface area contributed by atoms with Crippen LogP contribution in [0, 0.1) is 11.8 Å². The van der Waals surface area contributed by atoms with Crippen molar-refractivity contribution in [2.45, 2.75) is 105 Å². The van der Waals surface area contributed by atoms with Crippen LogP contribution in [-0.4, -0.2) is 13.2 Å². The first-order chi connectivity index (χ1) is 13.6. The number of benzene rings is 1. The minimum atomic E-state index is 0.792. The third-order valence-electron chi connectivity index (χ3n) is 5.22. The Morgan fingerprint density at radius 3 is 1.29 bits per heavy atom. The lowest BCUT2D eigenvalue weighted by molar-refractivity contribution is 0.258. The standard InChI is InChI=1S/C26H46O2/c1-23(2)17-11-7-5-9-15-21-27-25-19-13-14-20-26(25)28-22-16-10-6-8-12-18-24(3)4/h13-14,19-20,23-24H,5-12,15-18,21-22H2,1-4H3. The summed E-state index contributed by atoms with van der Waals surface area (Å²) in [6.45, 7) is 10.8. The maximum Gasteiger partial charge on any atom is 0.161 e. The first-order valence-corrected chi connectivity index (χ1v) is 11.9. The lowest BCUT2D eigenvalue weighted by atomic mass is 10.0. The van der Waals surface area contributed by atoms with Gasteiger partial charge in [-0.3, -0.25) is 0 Å². The van der Waals surface area contributed by atoms with Gasteiger partial charge in [-0.1, -0.05) is 104 Å². The molecule has 0 bridgehead atoms. The molecule has 1 aromatic carbocycles. The monoisotopic (exact) mass is 390 g/mol. The highest BCUT2D eigenvalue weighted by Gasteiger charge is 2.04. The molecule has 0 atom stereocenters. The van der Waals surface area contributed by atoms with Gasteiger partial charge in [-0.15, -0.1) is 0 Å². The van der Waals surface area contributed by atoms with Crippen molar-refractivity contribution in [2.75, 3.05) is 13.2 Å². The van der Waals surface area contributed by atoms with E-state index in [1.165, 1.54) is 64.2 Å². The van der Waals surface area contributed by atoms with E-state index in [1.54, 1.807) is 0 Å². The first-order valence-electron chi connectivity index (χ1n) is 11.9. The summed E-state index contributed by atoms with van der Waals surface area (Å²) in [6, 6.07) is 8.12. The minimum absolute atomic E-state index is 0.792. The Balaban J connectivity index is 2.09. The van der Waals surface area contributed by atoms with Gasteiger partial charge in [-0.05, 0) is 36.8 Å². The van der Waals surface area contributed by atoms with Crippen LogP contribution in [0.2, 0.25) is 0 Å². The summed E-state index contributed by atoms with van der Waals surface area (Å²) in [5.74, 6) is 3.48. The molecule has 1 rings (SSSR count). The van der Waals surface area contributed by atoms with Crippen LogP contribution >= 0.6 is 0 Å². The van der Waals surface area contributed by atoms with Crippen molar-refractivity contribution >= 4 is 0 Å². The van der Waals surface area contributed by atoms with Crippen LogP contribution in [0.15, 0.2) is 24.3 Å². The summed E-state index contributed by atoms with van der Waals surface area (Å²) in [6.07, 6.45) is 15.6. The smallest absolute Gasteiger partial charge is 0.161 e. The molecule has 1 aromatic rings. The van der Waals surface area contributed by atoms with Crippen molar-refractivity contribution < 1.29 is 9.47 Å². The predicted molar refractivity (Wildman–Crippen MR) is 123 cm³/mol. The zero-order valence-electron chi connectivity index (χ0n) is 19.2. The molecule has 0 heterocycles.